The lowest BCUT2D eigenvalue weighted by Gasteiger charge is -2.29. The number of thioether (sulfide) groups is 1. The first-order valence-corrected chi connectivity index (χ1v) is 18.9. The zero-order chi connectivity index (χ0) is 34.2. The Bertz CT molecular complexity index is 2710. The van der Waals surface area contributed by atoms with Crippen molar-refractivity contribution >= 4 is 45.1 Å². The van der Waals surface area contributed by atoms with Gasteiger partial charge in [-0.3, -0.25) is 0 Å². The normalized spacial score (nSPS) is 21.0. The Labute approximate surface area is 307 Å². The molecule has 52 heavy (non-hydrogen) atoms. The molecule has 4 aliphatic rings. The highest BCUT2D eigenvalue weighted by atomic mass is 32.2. The SMILES string of the molecule is C1=CC2Sc3ccc4ccccc4c3C2C=C1C1=CC2c3ccccc3N(c3nc(-c4cccc(-c5ccccc5)c4)c4ccccc4n3)C2C=C1. The minimum atomic E-state index is 0.0680. The summed E-state index contributed by atoms with van der Waals surface area (Å²) < 4.78 is 0. The summed E-state index contributed by atoms with van der Waals surface area (Å²) in [5.41, 5.74) is 11.9. The Morgan fingerprint density at radius 2 is 1.29 bits per heavy atom. The molecule has 0 radical (unpaired) electrons. The first kappa shape index (κ1) is 29.7. The molecule has 2 aliphatic heterocycles. The van der Waals surface area contributed by atoms with E-state index in [0.717, 1.165) is 28.1 Å². The van der Waals surface area contributed by atoms with Crippen LogP contribution in [0.4, 0.5) is 11.6 Å². The summed E-state index contributed by atoms with van der Waals surface area (Å²) in [6, 6.07) is 50.0. The second kappa shape index (κ2) is 11.8. The summed E-state index contributed by atoms with van der Waals surface area (Å²) in [6.07, 6.45) is 14.5. The van der Waals surface area contributed by atoms with E-state index in [0.29, 0.717) is 11.2 Å². The van der Waals surface area contributed by atoms with E-state index < -0.39 is 0 Å². The van der Waals surface area contributed by atoms with Gasteiger partial charge in [0.25, 0.3) is 0 Å². The zero-order valence-corrected chi connectivity index (χ0v) is 29.1. The Hall–Kier alpha value is -5.97. The van der Waals surface area contributed by atoms with Crippen LogP contribution in [0.5, 0.6) is 0 Å². The highest BCUT2D eigenvalue weighted by Crippen LogP contribution is 2.53. The molecule has 0 fully saturated rings. The van der Waals surface area contributed by atoms with Crippen molar-refractivity contribution in [3.8, 4) is 22.4 Å². The van der Waals surface area contributed by atoms with Crippen molar-refractivity contribution in [2.75, 3.05) is 4.90 Å². The van der Waals surface area contributed by atoms with Crippen molar-refractivity contribution in [3.63, 3.8) is 0 Å². The topological polar surface area (TPSA) is 29.0 Å². The minimum Gasteiger partial charge on any atom is -0.302 e. The van der Waals surface area contributed by atoms with Crippen LogP contribution < -0.4 is 4.90 Å². The summed E-state index contributed by atoms with van der Waals surface area (Å²) in [4.78, 5) is 14.4. The second-order valence-electron chi connectivity index (χ2n) is 14.1. The molecule has 11 rings (SSSR count). The van der Waals surface area contributed by atoms with E-state index in [1.54, 1.807) is 0 Å². The molecule has 3 heterocycles. The van der Waals surface area contributed by atoms with Crippen molar-refractivity contribution in [2.24, 2.45) is 0 Å². The van der Waals surface area contributed by atoms with Crippen LogP contribution in [0.2, 0.25) is 0 Å². The third kappa shape index (κ3) is 4.68. The standard InChI is InChI=1S/C48H33N3S/c1-2-11-30(12-3-1)32-14-10-15-35(27-32)47-38-18-6-8-19-41(38)49-48(50-47)51-42-20-9-7-17-37(42)39-28-33(21-24-43(39)51)34-23-25-44-40(29-34)46-36-16-5-4-13-31(36)22-26-45(46)52-44/h1-29,39-40,43-44H. The fourth-order valence-corrected chi connectivity index (χ4v) is 10.1. The fourth-order valence-electron chi connectivity index (χ4n) is 8.73. The molecule has 1 aromatic heterocycles. The van der Waals surface area contributed by atoms with Gasteiger partial charge in [0.05, 0.1) is 17.3 Å². The molecule has 3 nitrogen and oxygen atoms in total. The molecular weight excluding hydrogens is 651 g/mol. The van der Waals surface area contributed by atoms with Gasteiger partial charge in [-0.2, -0.15) is 0 Å². The number of rotatable bonds is 4. The summed E-state index contributed by atoms with van der Waals surface area (Å²) in [5, 5.41) is 4.18. The van der Waals surface area contributed by atoms with Gasteiger partial charge in [0.1, 0.15) is 0 Å². The van der Waals surface area contributed by atoms with E-state index in [1.165, 1.54) is 54.8 Å². The van der Waals surface area contributed by atoms with Gasteiger partial charge in [-0.25, -0.2) is 9.97 Å². The van der Waals surface area contributed by atoms with E-state index in [9.17, 15) is 0 Å². The van der Waals surface area contributed by atoms with E-state index in [-0.39, 0.29) is 12.0 Å². The molecule has 4 atom stereocenters. The molecular formula is C48H33N3S. The largest absolute Gasteiger partial charge is 0.302 e. The quantitative estimate of drug-likeness (QED) is 0.185. The molecule has 0 amide bonds. The third-order valence-electron chi connectivity index (χ3n) is 11.1. The number of nitrogens with zero attached hydrogens (tertiary/aromatic N) is 3. The molecule has 0 N–H and O–H groups in total. The van der Waals surface area contributed by atoms with E-state index >= 15 is 0 Å². The minimum absolute atomic E-state index is 0.0680. The summed E-state index contributed by atoms with van der Waals surface area (Å²) in [6.45, 7) is 0. The predicted octanol–water partition coefficient (Wildman–Crippen LogP) is 12.0. The number of para-hydroxylation sites is 2. The Balaban J connectivity index is 0.993. The maximum atomic E-state index is 5.40. The number of aromatic nitrogens is 2. The smallest absolute Gasteiger partial charge is 0.231 e. The van der Waals surface area contributed by atoms with Crippen molar-refractivity contribution in [2.45, 2.75) is 28.0 Å². The monoisotopic (exact) mass is 683 g/mol. The second-order valence-corrected chi connectivity index (χ2v) is 15.3. The van der Waals surface area contributed by atoms with Crippen LogP contribution in [0.1, 0.15) is 23.0 Å². The lowest BCUT2D eigenvalue weighted by atomic mass is 9.81. The fraction of sp³-hybridized carbons (Fsp3) is 0.0833. The van der Waals surface area contributed by atoms with Crippen molar-refractivity contribution in [1.29, 1.82) is 0 Å². The lowest BCUT2D eigenvalue weighted by molar-refractivity contribution is 0.726. The highest BCUT2D eigenvalue weighted by Gasteiger charge is 2.40. The van der Waals surface area contributed by atoms with E-state index in [1.807, 2.05) is 11.8 Å². The van der Waals surface area contributed by atoms with Gasteiger partial charge in [0.15, 0.2) is 0 Å². The Morgan fingerprint density at radius 1 is 0.558 bits per heavy atom. The molecule has 246 valence electrons. The van der Waals surface area contributed by atoms with E-state index in [4.69, 9.17) is 9.97 Å². The van der Waals surface area contributed by atoms with Gasteiger partial charge >= 0.3 is 0 Å². The summed E-state index contributed by atoms with van der Waals surface area (Å²) in [7, 11) is 0. The van der Waals surface area contributed by atoms with Crippen molar-refractivity contribution in [1.82, 2.24) is 9.97 Å². The number of anilines is 2. The maximum absolute atomic E-state index is 5.40. The first-order valence-electron chi connectivity index (χ1n) is 18.1. The van der Waals surface area contributed by atoms with Gasteiger partial charge < -0.3 is 4.90 Å². The van der Waals surface area contributed by atoms with E-state index in [2.05, 4.69) is 181 Å². The predicted molar refractivity (Wildman–Crippen MR) is 216 cm³/mol. The Morgan fingerprint density at radius 3 is 2.21 bits per heavy atom. The molecule has 4 heteroatoms. The molecule has 4 unspecified atom stereocenters. The molecule has 0 bridgehead atoms. The number of hydrogen-bond acceptors (Lipinski definition) is 4. The molecule has 6 aromatic carbocycles. The van der Waals surface area contributed by atoms with Gasteiger partial charge in [-0.1, -0.05) is 152 Å². The lowest BCUT2D eigenvalue weighted by Crippen LogP contribution is -2.30. The van der Waals surface area contributed by atoms with Gasteiger partial charge in [0, 0.05) is 38.6 Å². The van der Waals surface area contributed by atoms with Crippen LogP contribution in [0.15, 0.2) is 192 Å². The zero-order valence-electron chi connectivity index (χ0n) is 28.3. The molecule has 7 aromatic rings. The molecule has 2 aliphatic carbocycles. The summed E-state index contributed by atoms with van der Waals surface area (Å²) in [5.74, 6) is 1.26. The molecule has 0 saturated heterocycles. The first-order chi connectivity index (χ1) is 25.8. The van der Waals surface area contributed by atoms with Crippen LogP contribution >= 0.6 is 11.8 Å². The average Bonchev–Trinajstić information content (AvgIpc) is 3.76. The Kier molecular flexibility index (Phi) is 6.74. The average molecular weight is 684 g/mol. The number of benzene rings is 6. The van der Waals surface area contributed by atoms with Crippen LogP contribution in [0, 0.1) is 0 Å². The van der Waals surface area contributed by atoms with Crippen LogP contribution in [-0.2, 0) is 0 Å². The van der Waals surface area contributed by atoms with Crippen molar-refractivity contribution in [3.05, 3.63) is 198 Å². The number of allylic oxidation sites excluding steroid dienone is 5. The molecule has 0 saturated carbocycles. The number of fused-ring (bicyclic) bond motifs is 9. The summed E-state index contributed by atoms with van der Waals surface area (Å²) >= 11 is 2.00. The molecule has 0 spiro atoms. The van der Waals surface area contributed by atoms with Gasteiger partial charge in [-0.15, -0.1) is 11.8 Å². The van der Waals surface area contributed by atoms with Crippen LogP contribution in [0.25, 0.3) is 44.1 Å². The highest BCUT2D eigenvalue weighted by molar-refractivity contribution is 8.00. The third-order valence-corrected chi connectivity index (χ3v) is 12.5. The van der Waals surface area contributed by atoms with Crippen LogP contribution in [0.3, 0.4) is 0 Å². The maximum Gasteiger partial charge on any atom is 0.231 e. The van der Waals surface area contributed by atoms with Crippen molar-refractivity contribution < 1.29 is 0 Å². The van der Waals surface area contributed by atoms with Crippen LogP contribution in [-0.4, -0.2) is 21.3 Å². The van der Waals surface area contributed by atoms with Gasteiger partial charge in [0.2, 0.25) is 5.95 Å². The number of hydrogen-bond donors (Lipinski definition) is 0. The van der Waals surface area contributed by atoms with Gasteiger partial charge in [-0.05, 0) is 68.4 Å².